The van der Waals surface area contributed by atoms with Crippen LogP contribution in [0.15, 0.2) is 132 Å². The summed E-state index contributed by atoms with van der Waals surface area (Å²) in [5.41, 5.74) is 11.7. The Morgan fingerprint density at radius 2 is 1.12 bits per heavy atom. The van der Waals surface area contributed by atoms with Crippen LogP contribution in [-0.4, -0.2) is 117 Å². The molecule has 0 saturated carbocycles. The number of rotatable bonds is 29. The van der Waals surface area contributed by atoms with Gasteiger partial charge in [0.25, 0.3) is 5.91 Å². The van der Waals surface area contributed by atoms with Gasteiger partial charge in [0.1, 0.15) is 12.1 Å². The lowest BCUT2D eigenvalue weighted by atomic mass is 9.90. The summed E-state index contributed by atoms with van der Waals surface area (Å²) in [4.78, 5) is 55.0. The lowest BCUT2D eigenvalue weighted by Gasteiger charge is -2.24. The van der Waals surface area contributed by atoms with Gasteiger partial charge >= 0.3 is 5.97 Å². The van der Waals surface area contributed by atoms with Gasteiger partial charge in [-0.15, -0.1) is 0 Å². The van der Waals surface area contributed by atoms with E-state index < -0.39 is 65.9 Å². The number of amides is 1. The molecule has 1 aliphatic rings. The van der Waals surface area contributed by atoms with Gasteiger partial charge < -0.3 is 30.9 Å². The van der Waals surface area contributed by atoms with E-state index in [0.29, 0.717) is 63.4 Å². The molecule has 0 saturated heterocycles. The van der Waals surface area contributed by atoms with Crippen molar-refractivity contribution in [3.05, 3.63) is 144 Å². The number of Topliss-reactive ketones (excluding diaryl/α,β-unsaturated/α-hetero) is 2. The van der Waals surface area contributed by atoms with Gasteiger partial charge in [-0.25, -0.2) is 31.3 Å². The molecule has 0 radical (unpaired) electrons. The number of hydrogen-bond donors (Lipinski definition) is 6. The maximum atomic E-state index is 12.9. The summed E-state index contributed by atoms with van der Waals surface area (Å²) in [7, 11) is -6.60. The number of sulfonamides is 2. The number of nitrogens with zero attached hydrogens (tertiary/aromatic N) is 2. The van der Waals surface area contributed by atoms with Crippen LogP contribution >= 0.6 is 0 Å². The standard InChI is InChI=1S/C36H43N3O6S.C25H37N3O5S.C2H6/c1-25(2)46(43,44)37-23-26(3)29-13-15-30(16-14-29)31-17-19-33(20-18-31)39(35(42)27(4)40)22-10-9-21-36(28(5)41)24-45-34(38-36)32-11-7-6-8-12-32;1-18(2)34(32,33)28-16-19(3)20-6-8-21(9-7-20)22-10-12-23(13-11-22)27-15-5-4-14-25(26,17-29)24(30)31;1-2/h6-8,11-20,25-26,37H,9-10,21-24H2,1-5H3;6-13,18-19,27-29H,4-5,14-17,26H2,1-3H3,(H,30,31);1-2H3/t;19?,25-;/m.1./s1. The number of aliphatic carboxylic acids is 1. The van der Waals surface area contributed by atoms with Gasteiger partial charge in [-0.1, -0.05) is 119 Å². The molecule has 0 spiro atoms. The molecular weight excluding hydrogens is 1080 g/mol. The molecule has 82 heavy (non-hydrogen) atoms. The molecule has 7 N–H and O–H groups in total. The number of aliphatic imine (C=N–C) groups is 1. The van der Waals surface area contributed by atoms with Crippen molar-refractivity contribution in [2.24, 2.45) is 10.7 Å². The Balaban J connectivity index is 0.000000357. The summed E-state index contributed by atoms with van der Waals surface area (Å²) < 4.78 is 59.3. The van der Waals surface area contributed by atoms with Crippen LogP contribution < -0.4 is 25.4 Å². The minimum absolute atomic E-state index is 0.000314. The van der Waals surface area contributed by atoms with Crippen molar-refractivity contribution in [1.82, 2.24) is 9.44 Å². The molecule has 0 aromatic heterocycles. The summed E-state index contributed by atoms with van der Waals surface area (Å²) in [6.45, 7) is 18.7. The number of hydrogen-bond acceptors (Lipinski definition) is 13. The van der Waals surface area contributed by atoms with Gasteiger partial charge in [0.2, 0.25) is 31.7 Å². The zero-order valence-electron chi connectivity index (χ0n) is 49.3. The smallest absolute Gasteiger partial charge is 0.326 e. The van der Waals surface area contributed by atoms with E-state index in [9.17, 15) is 41.1 Å². The maximum Gasteiger partial charge on any atom is 0.326 e. The number of ketones is 2. The quantitative estimate of drug-likeness (QED) is 0.0193. The van der Waals surface area contributed by atoms with E-state index >= 15 is 0 Å². The van der Waals surface area contributed by atoms with Crippen LogP contribution in [0.3, 0.4) is 0 Å². The van der Waals surface area contributed by atoms with E-state index in [2.05, 4.69) is 19.8 Å². The molecule has 4 atom stereocenters. The summed E-state index contributed by atoms with van der Waals surface area (Å²) in [6.07, 6.45) is 3.20. The van der Waals surface area contributed by atoms with Crippen LogP contribution in [0.1, 0.15) is 136 Å². The zero-order valence-corrected chi connectivity index (χ0v) is 50.9. The SMILES string of the molecule is CC.CC(=O)C(=O)N(CCCCC1(C(C)=O)COC(c2ccccc2)=N1)c1ccc(-c2ccc(C(C)CNS(=O)(=O)C(C)C)cc2)cc1.CC(CNS(=O)(=O)C(C)C)c1ccc(-c2ccc(NCCCC[C@@](N)(CO)C(=O)O)cc2)cc1. The minimum Gasteiger partial charge on any atom is -0.480 e. The van der Waals surface area contributed by atoms with E-state index in [-0.39, 0.29) is 30.6 Å². The van der Waals surface area contributed by atoms with Crippen LogP contribution in [0.4, 0.5) is 11.4 Å². The van der Waals surface area contributed by atoms with Crippen molar-refractivity contribution in [2.45, 2.75) is 141 Å². The second kappa shape index (κ2) is 31.7. The van der Waals surface area contributed by atoms with Crippen LogP contribution in [0.2, 0.25) is 0 Å². The highest BCUT2D eigenvalue weighted by molar-refractivity contribution is 7.90. The maximum absolute atomic E-state index is 12.9. The van der Waals surface area contributed by atoms with E-state index in [1.165, 1.54) is 18.7 Å². The Kier molecular flexibility index (Phi) is 26.3. The van der Waals surface area contributed by atoms with Gasteiger partial charge in [-0.2, -0.15) is 0 Å². The van der Waals surface area contributed by atoms with Crippen LogP contribution in [0.25, 0.3) is 22.3 Å². The van der Waals surface area contributed by atoms with Crippen LogP contribution in [0, 0.1) is 0 Å². The van der Waals surface area contributed by atoms with E-state index in [4.69, 9.17) is 15.6 Å². The molecule has 19 heteroatoms. The van der Waals surface area contributed by atoms with Crippen LogP contribution in [0.5, 0.6) is 0 Å². The number of nitrogens with one attached hydrogen (secondary N) is 3. The number of carbonyl (C=O) groups excluding carboxylic acids is 3. The molecule has 17 nitrogen and oxygen atoms in total. The number of benzene rings is 5. The number of carbonyl (C=O) groups is 4. The van der Waals surface area contributed by atoms with E-state index in [0.717, 1.165) is 51.1 Å². The van der Waals surface area contributed by atoms with E-state index in [1.807, 2.05) is 155 Å². The lowest BCUT2D eigenvalue weighted by Crippen LogP contribution is -2.51. The zero-order chi connectivity index (χ0) is 60.8. The third-order valence-electron chi connectivity index (χ3n) is 14.4. The van der Waals surface area contributed by atoms with Crippen molar-refractivity contribution in [3.8, 4) is 22.3 Å². The largest absolute Gasteiger partial charge is 0.480 e. The fourth-order valence-electron chi connectivity index (χ4n) is 8.61. The third kappa shape index (κ3) is 19.5. The second-order valence-electron chi connectivity index (χ2n) is 21.2. The normalized spacial score (nSPS) is 15.6. The van der Waals surface area contributed by atoms with Crippen molar-refractivity contribution in [3.63, 3.8) is 0 Å². The van der Waals surface area contributed by atoms with Crippen LogP contribution in [-0.2, 0) is 44.0 Å². The number of carboxylic acids is 1. The first-order chi connectivity index (χ1) is 38.8. The second-order valence-corrected chi connectivity index (χ2v) is 25.8. The highest BCUT2D eigenvalue weighted by Gasteiger charge is 2.41. The number of aliphatic hydroxyl groups excluding tert-OH is 1. The molecule has 1 heterocycles. The highest BCUT2D eigenvalue weighted by atomic mass is 32.2. The summed E-state index contributed by atoms with van der Waals surface area (Å²) in [6, 6.07) is 41.0. The average Bonchev–Trinajstić information content (AvgIpc) is 4.10. The molecular formula is C63H86N6O11S2. The summed E-state index contributed by atoms with van der Waals surface area (Å²) in [5.74, 6) is -1.87. The predicted octanol–water partition coefficient (Wildman–Crippen LogP) is 9.85. The Morgan fingerprint density at radius 3 is 1.55 bits per heavy atom. The van der Waals surface area contributed by atoms with Crippen molar-refractivity contribution < 1.29 is 51.0 Å². The first kappa shape index (κ1) is 67.9. The Hall–Kier alpha value is -6.61. The molecule has 446 valence electrons. The monoisotopic (exact) mass is 1170 g/mol. The molecule has 0 aliphatic carbocycles. The lowest BCUT2D eigenvalue weighted by molar-refractivity contribution is -0.145. The fourth-order valence-corrected chi connectivity index (χ4v) is 10.2. The number of nitrogens with two attached hydrogens (primary N) is 1. The molecule has 1 aliphatic heterocycles. The number of unbranched alkanes of at least 4 members (excludes halogenated alkanes) is 2. The number of anilines is 2. The molecule has 6 rings (SSSR count). The average molecular weight is 1170 g/mol. The van der Waals surface area contributed by atoms with Gasteiger partial charge in [0, 0.05) is 50.0 Å². The molecule has 5 aromatic rings. The topological polar surface area (TPSA) is 264 Å². The first-order valence-electron chi connectivity index (χ1n) is 28.2. The van der Waals surface area contributed by atoms with Gasteiger partial charge in [0.05, 0.1) is 17.1 Å². The van der Waals surface area contributed by atoms with Crippen molar-refractivity contribution in [1.29, 1.82) is 0 Å². The molecule has 3 unspecified atom stereocenters. The number of aliphatic hydroxyl groups is 1. The fraction of sp³-hybridized carbons (Fsp3) is 0.444. The summed E-state index contributed by atoms with van der Waals surface area (Å²) >= 11 is 0. The van der Waals surface area contributed by atoms with Gasteiger partial charge in [0.15, 0.2) is 11.3 Å². The van der Waals surface area contributed by atoms with Gasteiger partial charge in [-0.3, -0.25) is 19.2 Å². The van der Waals surface area contributed by atoms with E-state index in [1.54, 1.807) is 27.7 Å². The number of ether oxygens (including phenoxy) is 1. The molecule has 0 fully saturated rings. The summed E-state index contributed by atoms with van der Waals surface area (Å²) in [5, 5.41) is 20.6. The Labute approximate surface area is 486 Å². The molecule has 1 amide bonds. The number of carboxylic acid groups (broad SMARTS) is 1. The first-order valence-corrected chi connectivity index (χ1v) is 31.3. The third-order valence-corrected chi connectivity index (χ3v) is 18.0. The Morgan fingerprint density at radius 1 is 0.659 bits per heavy atom. The van der Waals surface area contributed by atoms with Crippen molar-refractivity contribution in [2.75, 3.05) is 49.6 Å². The highest BCUT2D eigenvalue weighted by Crippen LogP contribution is 2.31. The molecule has 5 aromatic carbocycles. The van der Waals surface area contributed by atoms with Gasteiger partial charge in [-0.05, 0) is 155 Å². The molecule has 0 bridgehead atoms. The minimum atomic E-state index is -3.33. The van der Waals surface area contributed by atoms with Crippen molar-refractivity contribution >= 4 is 60.8 Å². The predicted molar refractivity (Wildman–Crippen MR) is 329 cm³/mol. The Bertz CT molecular complexity index is 3100.